The topological polar surface area (TPSA) is 56.7 Å². The van der Waals surface area contributed by atoms with Crippen molar-refractivity contribution >= 4 is 28.0 Å². The number of rotatable bonds is 3. The van der Waals surface area contributed by atoms with E-state index in [2.05, 4.69) is 9.88 Å². The summed E-state index contributed by atoms with van der Waals surface area (Å²) < 4.78 is 0. The highest BCUT2D eigenvalue weighted by Gasteiger charge is 2.30. The first-order valence-electron chi connectivity index (χ1n) is 10.8. The number of benzene rings is 2. The zero-order valence-electron chi connectivity index (χ0n) is 17.3. The molecule has 1 aliphatic heterocycles. The largest absolute Gasteiger partial charge is 0.507 e. The maximum absolute atomic E-state index is 13.3. The molecule has 5 rings (SSSR count). The van der Waals surface area contributed by atoms with Crippen molar-refractivity contribution in [1.29, 1.82) is 0 Å². The Morgan fingerprint density at radius 2 is 1.80 bits per heavy atom. The molecular weight excluding hydrogens is 394 g/mol. The predicted molar refractivity (Wildman–Crippen MR) is 121 cm³/mol. The number of aromatic hydroxyl groups is 1. The molecule has 30 heavy (non-hydrogen) atoms. The number of nitrogens with zero attached hydrogens (tertiary/aromatic N) is 3. The second kappa shape index (κ2) is 8.00. The fraction of sp³-hybridized carbons (Fsp3) is 0.417. The van der Waals surface area contributed by atoms with Crippen LogP contribution in [0, 0.1) is 6.92 Å². The van der Waals surface area contributed by atoms with Crippen molar-refractivity contribution in [3.05, 3.63) is 47.0 Å². The van der Waals surface area contributed by atoms with Crippen LogP contribution in [-0.4, -0.2) is 58.0 Å². The minimum absolute atomic E-state index is 0.0713. The van der Waals surface area contributed by atoms with Crippen LogP contribution in [0.2, 0.25) is 0 Å². The van der Waals surface area contributed by atoms with Gasteiger partial charge in [-0.25, -0.2) is 4.98 Å². The van der Waals surface area contributed by atoms with Crippen LogP contribution in [0.25, 0.3) is 21.3 Å². The average Bonchev–Trinajstić information content (AvgIpc) is 3.43. The van der Waals surface area contributed by atoms with Crippen LogP contribution in [0.4, 0.5) is 0 Å². The predicted octanol–water partition coefficient (Wildman–Crippen LogP) is 4.68. The van der Waals surface area contributed by atoms with E-state index in [0.717, 1.165) is 42.6 Å². The van der Waals surface area contributed by atoms with Gasteiger partial charge in [0.15, 0.2) is 0 Å². The summed E-state index contributed by atoms with van der Waals surface area (Å²) in [6.45, 7) is 5.38. The van der Waals surface area contributed by atoms with Gasteiger partial charge in [0, 0.05) is 32.2 Å². The van der Waals surface area contributed by atoms with Gasteiger partial charge >= 0.3 is 0 Å². The highest BCUT2D eigenvalue weighted by molar-refractivity contribution is 7.17. The Kier molecular flexibility index (Phi) is 5.21. The first kappa shape index (κ1) is 19.5. The van der Waals surface area contributed by atoms with E-state index in [1.807, 2.05) is 42.2 Å². The summed E-state index contributed by atoms with van der Waals surface area (Å²) in [4.78, 5) is 23.2. The first-order valence-corrected chi connectivity index (χ1v) is 11.7. The molecule has 2 fully saturated rings. The highest BCUT2D eigenvalue weighted by Crippen LogP contribution is 2.39. The van der Waals surface area contributed by atoms with Gasteiger partial charge in [-0.1, -0.05) is 43.2 Å². The van der Waals surface area contributed by atoms with Gasteiger partial charge in [-0.3, -0.25) is 9.69 Å². The van der Waals surface area contributed by atoms with Gasteiger partial charge in [-0.15, -0.1) is 11.3 Å². The molecule has 1 amide bonds. The Morgan fingerprint density at radius 3 is 2.57 bits per heavy atom. The van der Waals surface area contributed by atoms with Gasteiger partial charge in [0.05, 0.1) is 11.3 Å². The molecule has 2 aromatic carbocycles. The Balaban J connectivity index is 1.39. The number of phenols is 1. The third kappa shape index (κ3) is 3.48. The molecule has 2 heterocycles. The minimum atomic E-state index is 0.0713. The van der Waals surface area contributed by atoms with E-state index in [1.165, 1.54) is 37.0 Å². The molecule has 1 saturated carbocycles. The van der Waals surface area contributed by atoms with Crippen LogP contribution in [0.1, 0.15) is 41.0 Å². The monoisotopic (exact) mass is 421 g/mol. The third-order valence-corrected chi connectivity index (χ3v) is 7.72. The van der Waals surface area contributed by atoms with Crippen LogP contribution in [0.15, 0.2) is 36.4 Å². The van der Waals surface area contributed by atoms with Crippen molar-refractivity contribution in [1.82, 2.24) is 14.8 Å². The molecule has 2 aliphatic rings. The van der Waals surface area contributed by atoms with E-state index in [0.29, 0.717) is 21.5 Å². The molecular formula is C24H27N3O2S. The van der Waals surface area contributed by atoms with E-state index >= 15 is 0 Å². The van der Waals surface area contributed by atoms with Gasteiger partial charge in [0.25, 0.3) is 5.91 Å². The molecule has 0 radical (unpaired) electrons. The van der Waals surface area contributed by atoms with Crippen molar-refractivity contribution in [3.8, 4) is 16.3 Å². The lowest BCUT2D eigenvalue weighted by Gasteiger charge is -2.37. The molecule has 1 N–H and O–H groups in total. The van der Waals surface area contributed by atoms with Crippen molar-refractivity contribution in [2.75, 3.05) is 26.2 Å². The van der Waals surface area contributed by atoms with E-state index in [4.69, 9.17) is 0 Å². The number of carbonyl (C=O) groups is 1. The number of phenolic OH excluding ortho intramolecular Hbond substituents is 1. The lowest BCUT2D eigenvalue weighted by Crippen LogP contribution is -2.51. The number of aromatic nitrogens is 1. The number of carbonyl (C=O) groups excluding carboxylic acids is 1. The summed E-state index contributed by atoms with van der Waals surface area (Å²) in [5.41, 5.74) is 1.46. The maximum Gasteiger partial charge on any atom is 0.265 e. The Labute approximate surface area is 181 Å². The maximum atomic E-state index is 13.3. The number of hydrogen-bond acceptors (Lipinski definition) is 5. The molecule has 0 bridgehead atoms. The van der Waals surface area contributed by atoms with Gasteiger partial charge in [0.1, 0.15) is 15.6 Å². The summed E-state index contributed by atoms with van der Waals surface area (Å²) in [6.07, 6.45) is 5.29. The number of thiazole rings is 1. The molecule has 5 nitrogen and oxygen atoms in total. The Hall–Kier alpha value is -2.44. The molecule has 0 atom stereocenters. The zero-order chi connectivity index (χ0) is 20.7. The van der Waals surface area contributed by atoms with Gasteiger partial charge < -0.3 is 10.0 Å². The van der Waals surface area contributed by atoms with Gasteiger partial charge in [0.2, 0.25) is 0 Å². The lowest BCUT2D eigenvalue weighted by atomic mass is 10.0. The van der Waals surface area contributed by atoms with Crippen molar-refractivity contribution in [2.24, 2.45) is 0 Å². The standard InChI is InChI=1S/C24H27N3O2S/c1-16-22(24(29)27-14-12-26(13-15-27)18-7-3-4-8-18)30-23(25-16)21-19-9-5-2-6-17(19)10-11-20(21)28/h2,5-6,9-11,18,28H,3-4,7-8,12-15H2,1H3. The Bertz CT molecular complexity index is 1080. The summed E-state index contributed by atoms with van der Waals surface area (Å²) in [6, 6.07) is 12.3. The van der Waals surface area contributed by atoms with Crippen molar-refractivity contribution in [2.45, 2.75) is 38.6 Å². The van der Waals surface area contributed by atoms with E-state index in [-0.39, 0.29) is 11.7 Å². The van der Waals surface area contributed by atoms with Crippen LogP contribution >= 0.6 is 11.3 Å². The molecule has 1 aliphatic carbocycles. The normalized spacial score (nSPS) is 18.4. The van der Waals surface area contributed by atoms with Gasteiger partial charge in [-0.05, 0) is 36.6 Å². The van der Waals surface area contributed by atoms with Gasteiger partial charge in [-0.2, -0.15) is 0 Å². The number of fused-ring (bicyclic) bond motifs is 1. The van der Waals surface area contributed by atoms with Crippen LogP contribution < -0.4 is 0 Å². The van der Waals surface area contributed by atoms with Crippen molar-refractivity contribution in [3.63, 3.8) is 0 Å². The lowest BCUT2D eigenvalue weighted by molar-refractivity contribution is 0.0577. The number of aryl methyl sites for hydroxylation is 1. The molecule has 3 aromatic rings. The summed E-state index contributed by atoms with van der Waals surface area (Å²) in [7, 11) is 0. The number of hydrogen-bond donors (Lipinski definition) is 1. The zero-order valence-corrected chi connectivity index (χ0v) is 18.1. The molecule has 1 saturated heterocycles. The smallest absolute Gasteiger partial charge is 0.265 e. The molecule has 6 heteroatoms. The van der Waals surface area contributed by atoms with E-state index < -0.39 is 0 Å². The third-order valence-electron chi connectivity index (χ3n) is 6.55. The summed E-state index contributed by atoms with van der Waals surface area (Å²) >= 11 is 1.39. The Morgan fingerprint density at radius 1 is 1.07 bits per heavy atom. The second-order valence-corrected chi connectivity index (χ2v) is 9.38. The molecule has 0 unspecified atom stereocenters. The molecule has 1 aromatic heterocycles. The van der Waals surface area contributed by atoms with Crippen LogP contribution in [0.5, 0.6) is 5.75 Å². The fourth-order valence-electron chi connectivity index (χ4n) is 4.89. The number of piperazine rings is 1. The summed E-state index contributed by atoms with van der Waals surface area (Å²) in [5.74, 6) is 0.272. The SMILES string of the molecule is Cc1nc(-c2c(O)ccc3ccccc23)sc1C(=O)N1CCN(C2CCCC2)CC1. The quantitative estimate of drug-likeness (QED) is 0.667. The highest BCUT2D eigenvalue weighted by atomic mass is 32.1. The minimum Gasteiger partial charge on any atom is -0.507 e. The summed E-state index contributed by atoms with van der Waals surface area (Å²) in [5, 5.41) is 13.3. The first-order chi connectivity index (χ1) is 14.6. The van der Waals surface area contributed by atoms with E-state index in [9.17, 15) is 9.90 Å². The molecule has 0 spiro atoms. The molecule has 156 valence electrons. The van der Waals surface area contributed by atoms with Crippen molar-refractivity contribution < 1.29 is 9.90 Å². The second-order valence-electron chi connectivity index (χ2n) is 8.38. The van der Waals surface area contributed by atoms with Crippen LogP contribution in [-0.2, 0) is 0 Å². The van der Waals surface area contributed by atoms with E-state index in [1.54, 1.807) is 6.07 Å². The number of amides is 1. The van der Waals surface area contributed by atoms with Crippen LogP contribution in [0.3, 0.4) is 0 Å². The average molecular weight is 422 g/mol. The fourth-order valence-corrected chi connectivity index (χ4v) is 5.99.